The molecule has 1 N–H and O–H groups in total. The molecule has 0 amide bonds. The van der Waals surface area contributed by atoms with E-state index in [-0.39, 0.29) is 30.2 Å². The molecule has 0 bridgehead atoms. The van der Waals surface area contributed by atoms with Gasteiger partial charge < -0.3 is 19.5 Å². The van der Waals surface area contributed by atoms with E-state index in [9.17, 15) is 18.4 Å². The molecule has 0 spiro atoms. The van der Waals surface area contributed by atoms with E-state index in [0.29, 0.717) is 47.9 Å². The van der Waals surface area contributed by atoms with Crippen LogP contribution in [-0.2, 0) is 16.1 Å². The van der Waals surface area contributed by atoms with Crippen molar-refractivity contribution in [1.82, 2.24) is 4.90 Å². The van der Waals surface area contributed by atoms with Crippen LogP contribution in [-0.4, -0.2) is 56.1 Å². The van der Waals surface area contributed by atoms with Gasteiger partial charge in [-0.15, -0.1) is 0 Å². The summed E-state index contributed by atoms with van der Waals surface area (Å²) in [4.78, 5) is 28.1. The van der Waals surface area contributed by atoms with E-state index in [1.165, 1.54) is 12.1 Å². The Morgan fingerprint density at radius 2 is 1.83 bits per heavy atom. The fraction of sp³-hybridized carbons (Fsp3) is 0.259. The number of hydrogen-bond acceptors (Lipinski definition) is 7. The van der Waals surface area contributed by atoms with E-state index < -0.39 is 17.6 Å². The average Bonchev–Trinajstić information content (AvgIpc) is 3.02. The minimum absolute atomic E-state index is 0.0939. The zero-order valence-electron chi connectivity index (χ0n) is 19.4. The molecule has 186 valence electrons. The number of carbonyl (C=O) groups is 2. The predicted molar refractivity (Wildman–Crippen MR) is 128 cm³/mol. The van der Waals surface area contributed by atoms with Gasteiger partial charge in [0, 0.05) is 48.6 Å². The van der Waals surface area contributed by atoms with Crippen LogP contribution in [0.1, 0.15) is 31.8 Å². The van der Waals surface area contributed by atoms with Gasteiger partial charge in [-0.05, 0) is 36.4 Å². The summed E-state index contributed by atoms with van der Waals surface area (Å²) in [7, 11) is 0. The van der Waals surface area contributed by atoms with Gasteiger partial charge in [0.15, 0.2) is 5.78 Å². The van der Waals surface area contributed by atoms with Crippen molar-refractivity contribution in [3.63, 3.8) is 0 Å². The van der Waals surface area contributed by atoms with E-state index in [0.717, 1.165) is 25.2 Å². The highest BCUT2D eigenvalue weighted by molar-refractivity contribution is 6.13. The number of nitrogens with zero attached hydrogens (tertiary/aromatic N) is 1. The summed E-state index contributed by atoms with van der Waals surface area (Å²) in [6, 6.07) is 12.8. The predicted octanol–water partition coefficient (Wildman–Crippen LogP) is 4.32. The van der Waals surface area contributed by atoms with Crippen molar-refractivity contribution in [2.45, 2.75) is 6.61 Å². The number of halogens is 2. The largest absolute Gasteiger partial charge is 0.488 e. The molecule has 5 rings (SSSR count). The van der Waals surface area contributed by atoms with Crippen molar-refractivity contribution in [2.24, 2.45) is 0 Å². The number of carbonyl (C=O) groups excluding carboxylic acids is 2. The van der Waals surface area contributed by atoms with Crippen LogP contribution in [0.15, 0.2) is 54.6 Å². The molecule has 3 aromatic carbocycles. The molecule has 1 saturated heterocycles. The highest BCUT2D eigenvalue weighted by Gasteiger charge is 2.24. The molecule has 9 heteroatoms. The van der Waals surface area contributed by atoms with Crippen molar-refractivity contribution in [1.29, 1.82) is 0 Å². The first kappa shape index (κ1) is 23.9. The second-order valence-electron chi connectivity index (χ2n) is 8.54. The Hall–Kier alpha value is -3.82. The lowest BCUT2D eigenvalue weighted by Crippen LogP contribution is -2.38. The zero-order chi connectivity index (χ0) is 25.1. The fourth-order valence-corrected chi connectivity index (χ4v) is 4.17. The lowest BCUT2D eigenvalue weighted by molar-refractivity contribution is 0.0195. The van der Waals surface area contributed by atoms with Crippen molar-refractivity contribution in [2.75, 3.05) is 44.8 Å². The standard InChI is InChI=1S/C27H24F2N2O5/c28-19-3-6-24(23(29)14-19)30-20-4-5-21-25(15-20)36-16-18-2-1-17(13-22(18)26(21)32)27(33)35-12-9-31-7-10-34-11-8-31/h1-6,13-15,30H,7-12,16H2. The smallest absolute Gasteiger partial charge is 0.338 e. The van der Waals surface area contributed by atoms with Crippen molar-refractivity contribution in [3.8, 4) is 5.75 Å². The Balaban J connectivity index is 1.30. The van der Waals surface area contributed by atoms with Gasteiger partial charge in [-0.25, -0.2) is 13.6 Å². The number of fused-ring (bicyclic) bond motifs is 2. The maximum absolute atomic E-state index is 14.0. The lowest BCUT2D eigenvalue weighted by Gasteiger charge is -2.26. The lowest BCUT2D eigenvalue weighted by atomic mass is 9.97. The maximum atomic E-state index is 14.0. The van der Waals surface area contributed by atoms with Gasteiger partial charge >= 0.3 is 5.97 Å². The number of hydrogen-bond donors (Lipinski definition) is 1. The summed E-state index contributed by atoms with van der Waals surface area (Å²) in [6.07, 6.45) is 0. The van der Waals surface area contributed by atoms with Gasteiger partial charge in [-0.3, -0.25) is 9.69 Å². The minimum atomic E-state index is -0.737. The Morgan fingerprint density at radius 3 is 2.64 bits per heavy atom. The van der Waals surface area contributed by atoms with Crippen LogP contribution < -0.4 is 10.1 Å². The number of morpholine rings is 1. The molecule has 2 aliphatic heterocycles. The molecule has 0 saturated carbocycles. The SMILES string of the molecule is O=C(OCCN1CCOCC1)c1ccc2c(c1)C(=O)c1ccc(Nc3ccc(F)cc3F)cc1OC2. The van der Waals surface area contributed by atoms with Crippen LogP contribution in [0, 0.1) is 11.6 Å². The summed E-state index contributed by atoms with van der Waals surface area (Å²) in [5.74, 6) is -1.88. The Kier molecular flexibility index (Phi) is 6.92. The van der Waals surface area contributed by atoms with E-state index in [4.69, 9.17) is 14.2 Å². The van der Waals surface area contributed by atoms with Gasteiger partial charge in [-0.2, -0.15) is 0 Å². The van der Waals surface area contributed by atoms with Crippen molar-refractivity contribution >= 4 is 23.1 Å². The molecular formula is C27H24F2N2O5. The highest BCUT2D eigenvalue weighted by Crippen LogP contribution is 2.33. The number of nitrogens with one attached hydrogen (secondary N) is 1. The maximum Gasteiger partial charge on any atom is 0.338 e. The molecule has 1 fully saturated rings. The van der Waals surface area contributed by atoms with Crippen LogP contribution in [0.4, 0.5) is 20.2 Å². The second-order valence-corrected chi connectivity index (χ2v) is 8.54. The Morgan fingerprint density at radius 1 is 1.00 bits per heavy atom. The first-order valence-electron chi connectivity index (χ1n) is 11.6. The third-order valence-electron chi connectivity index (χ3n) is 6.15. The number of rotatable bonds is 6. The molecule has 3 aromatic rings. The first-order chi connectivity index (χ1) is 17.5. The second kappa shape index (κ2) is 10.4. The van der Waals surface area contributed by atoms with E-state index in [1.54, 1.807) is 30.3 Å². The molecule has 2 aliphatic rings. The van der Waals surface area contributed by atoms with Gasteiger partial charge in [0.05, 0.1) is 30.0 Å². The van der Waals surface area contributed by atoms with Crippen LogP contribution in [0.25, 0.3) is 0 Å². The van der Waals surface area contributed by atoms with E-state index in [1.807, 2.05) is 0 Å². The molecule has 0 unspecified atom stereocenters. The van der Waals surface area contributed by atoms with Crippen LogP contribution in [0.3, 0.4) is 0 Å². The van der Waals surface area contributed by atoms with E-state index >= 15 is 0 Å². The molecular weight excluding hydrogens is 470 g/mol. The Labute approximate surface area is 206 Å². The van der Waals surface area contributed by atoms with Crippen LogP contribution in [0.5, 0.6) is 5.75 Å². The summed E-state index contributed by atoms with van der Waals surface area (Å²) < 4.78 is 43.8. The molecule has 36 heavy (non-hydrogen) atoms. The number of anilines is 2. The van der Waals surface area contributed by atoms with Gasteiger partial charge in [0.1, 0.15) is 30.6 Å². The summed E-state index contributed by atoms with van der Waals surface area (Å²) in [6.45, 7) is 3.95. The third kappa shape index (κ3) is 5.22. The van der Waals surface area contributed by atoms with Crippen LogP contribution >= 0.6 is 0 Å². The van der Waals surface area contributed by atoms with E-state index in [2.05, 4.69) is 10.2 Å². The molecule has 0 aliphatic carbocycles. The number of benzene rings is 3. The first-order valence-corrected chi connectivity index (χ1v) is 11.6. The minimum Gasteiger partial charge on any atom is -0.488 e. The quantitative estimate of drug-likeness (QED) is 0.512. The van der Waals surface area contributed by atoms with Gasteiger partial charge in [0.2, 0.25) is 0 Å². The Bertz CT molecular complexity index is 1310. The van der Waals surface area contributed by atoms with Crippen molar-refractivity contribution in [3.05, 3.63) is 88.5 Å². The molecule has 0 aromatic heterocycles. The van der Waals surface area contributed by atoms with Crippen LogP contribution in [0.2, 0.25) is 0 Å². The fourth-order valence-electron chi connectivity index (χ4n) is 4.17. The molecule has 0 radical (unpaired) electrons. The van der Waals surface area contributed by atoms with Gasteiger partial charge in [0.25, 0.3) is 0 Å². The molecule has 2 heterocycles. The number of ketones is 1. The number of esters is 1. The van der Waals surface area contributed by atoms with Crippen molar-refractivity contribution < 1.29 is 32.6 Å². The topological polar surface area (TPSA) is 77.1 Å². The van der Waals surface area contributed by atoms with Gasteiger partial charge in [-0.1, -0.05) is 6.07 Å². The molecule has 7 nitrogen and oxygen atoms in total. The number of ether oxygens (including phenoxy) is 3. The average molecular weight is 494 g/mol. The summed E-state index contributed by atoms with van der Waals surface area (Å²) in [5.41, 5.74) is 2.18. The highest BCUT2D eigenvalue weighted by atomic mass is 19.1. The molecule has 0 atom stereocenters. The zero-order valence-corrected chi connectivity index (χ0v) is 19.4. The summed E-state index contributed by atoms with van der Waals surface area (Å²) >= 11 is 0. The monoisotopic (exact) mass is 494 g/mol. The summed E-state index contributed by atoms with van der Waals surface area (Å²) in [5, 5.41) is 2.87. The normalized spacial score (nSPS) is 15.3. The third-order valence-corrected chi connectivity index (χ3v) is 6.15.